The van der Waals surface area contributed by atoms with Crippen LogP contribution in [0.3, 0.4) is 0 Å². The van der Waals surface area contributed by atoms with Gasteiger partial charge >= 0.3 is 0 Å². The average Bonchev–Trinajstić information content (AvgIpc) is 2.72. The molecule has 11 heavy (non-hydrogen) atoms. The maximum Gasteiger partial charge on any atom is 0.0440 e. The van der Waals surface area contributed by atoms with Crippen molar-refractivity contribution in [2.75, 3.05) is 14.1 Å². The Labute approximate surface area is 66.3 Å². The van der Waals surface area contributed by atoms with E-state index in [1.54, 1.807) is 0 Å². The van der Waals surface area contributed by atoms with Crippen molar-refractivity contribution < 1.29 is 0 Å². The van der Waals surface area contributed by atoms with Gasteiger partial charge in [-0.05, 0) is 14.1 Å². The summed E-state index contributed by atoms with van der Waals surface area (Å²) in [5, 5.41) is 3.59. The first-order valence-electron chi connectivity index (χ1n) is 4.50. The Bertz CT molecular complexity index is 217. The molecule has 60 valence electrons. The summed E-state index contributed by atoms with van der Waals surface area (Å²) >= 11 is 0. The molecule has 4 fully saturated rings. The summed E-state index contributed by atoms with van der Waals surface area (Å²) < 4.78 is 0. The molecule has 0 spiro atoms. The molecule has 0 bridgehead atoms. The molecular weight excluding hydrogens is 138 g/mol. The van der Waals surface area contributed by atoms with Crippen molar-refractivity contribution in [1.82, 2.24) is 15.1 Å². The van der Waals surface area contributed by atoms with Crippen LogP contribution >= 0.6 is 0 Å². The zero-order chi connectivity index (χ0) is 7.33. The highest BCUT2D eigenvalue weighted by Gasteiger charge is 2.76. The molecule has 0 aromatic heterocycles. The molecule has 0 radical (unpaired) electrons. The van der Waals surface area contributed by atoms with E-state index in [1.807, 2.05) is 0 Å². The Kier molecular flexibility index (Phi) is 0.631. The molecule has 2 unspecified atom stereocenters. The van der Waals surface area contributed by atoms with Gasteiger partial charge in [-0.25, -0.2) is 0 Å². The Morgan fingerprint density at radius 2 is 1.27 bits per heavy atom. The molecule has 3 saturated heterocycles. The van der Waals surface area contributed by atoms with E-state index in [2.05, 4.69) is 29.2 Å². The van der Waals surface area contributed by atoms with Crippen LogP contribution in [-0.2, 0) is 0 Å². The van der Waals surface area contributed by atoms with E-state index in [1.165, 1.54) is 0 Å². The number of fused-ring (bicyclic) bond motifs is 6. The van der Waals surface area contributed by atoms with E-state index in [0.717, 1.165) is 36.3 Å². The molecule has 1 saturated carbocycles. The quantitative estimate of drug-likeness (QED) is 0.436. The molecule has 0 aromatic rings. The fourth-order valence-electron chi connectivity index (χ4n) is 3.38. The van der Waals surface area contributed by atoms with E-state index >= 15 is 0 Å². The summed E-state index contributed by atoms with van der Waals surface area (Å²) in [6.45, 7) is 0. The minimum Gasteiger partial charge on any atom is -0.305 e. The summed E-state index contributed by atoms with van der Waals surface area (Å²) in [6.07, 6.45) is 0. The maximum absolute atomic E-state index is 3.59. The fourth-order valence-corrected chi connectivity index (χ4v) is 3.38. The average molecular weight is 151 g/mol. The van der Waals surface area contributed by atoms with Gasteiger partial charge in [0.05, 0.1) is 0 Å². The summed E-state index contributed by atoms with van der Waals surface area (Å²) in [5.74, 6) is 0. The molecule has 1 aliphatic carbocycles. The van der Waals surface area contributed by atoms with Crippen LogP contribution in [-0.4, -0.2) is 60.1 Å². The van der Waals surface area contributed by atoms with Crippen LogP contribution in [0, 0.1) is 0 Å². The number of rotatable bonds is 0. The molecule has 0 amide bonds. The third kappa shape index (κ3) is 0.428. The van der Waals surface area contributed by atoms with Crippen LogP contribution in [0.25, 0.3) is 0 Å². The van der Waals surface area contributed by atoms with Gasteiger partial charge in [0, 0.05) is 36.3 Å². The Morgan fingerprint density at radius 3 is 1.73 bits per heavy atom. The number of nitrogens with zero attached hydrogens (tertiary/aromatic N) is 2. The summed E-state index contributed by atoms with van der Waals surface area (Å²) in [4.78, 5) is 5.07. The molecule has 1 N–H and O–H groups in total. The molecule has 3 aliphatic heterocycles. The lowest BCUT2D eigenvalue weighted by atomic mass is 10.0. The summed E-state index contributed by atoms with van der Waals surface area (Å²) in [5.41, 5.74) is 0. The van der Waals surface area contributed by atoms with Crippen molar-refractivity contribution in [3.05, 3.63) is 0 Å². The van der Waals surface area contributed by atoms with E-state index < -0.39 is 0 Å². The lowest BCUT2D eigenvalue weighted by Gasteiger charge is -1.96. The van der Waals surface area contributed by atoms with Crippen molar-refractivity contribution in [3.63, 3.8) is 0 Å². The van der Waals surface area contributed by atoms with Gasteiger partial charge in [-0.3, -0.25) is 9.80 Å². The van der Waals surface area contributed by atoms with Gasteiger partial charge in [0.2, 0.25) is 0 Å². The first kappa shape index (κ1) is 5.51. The summed E-state index contributed by atoms with van der Waals surface area (Å²) in [6, 6.07) is 5.31. The van der Waals surface area contributed by atoms with Gasteiger partial charge in [-0.2, -0.15) is 0 Å². The molecule has 8 atom stereocenters. The number of likely N-dealkylation sites (tertiary alicyclic amines) is 2. The van der Waals surface area contributed by atoms with Crippen LogP contribution in [0.4, 0.5) is 0 Å². The Balaban J connectivity index is 1.76. The lowest BCUT2D eigenvalue weighted by Crippen LogP contribution is -2.20. The monoisotopic (exact) mass is 151 g/mol. The zero-order valence-corrected chi connectivity index (χ0v) is 6.86. The predicted octanol–water partition coefficient (Wildman–Crippen LogP) is -1.29. The third-order valence-electron chi connectivity index (χ3n) is 4.15. The van der Waals surface area contributed by atoms with Crippen LogP contribution in [0.15, 0.2) is 0 Å². The number of hydrogen-bond donors (Lipinski definition) is 1. The standard InChI is InChI=1S/C8H13N3/c1-10-5-3-4(9-3)6-8(7(5)10)11(6)2/h3-9H,1-2H3/t3-,4+,5-,6+,7-,8+,10?,11?. The van der Waals surface area contributed by atoms with Crippen molar-refractivity contribution in [2.24, 2.45) is 0 Å². The van der Waals surface area contributed by atoms with E-state index in [0.29, 0.717) is 0 Å². The highest BCUT2D eigenvalue weighted by molar-refractivity contribution is 5.37. The molecule has 4 aliphatic rings. The van der Waals surface area contributed by atoms with Crippen molar-refractivity contribution in [3.8, 4) is 0 Å². The topological polar surface area (TPSA) is 28.0 Å². The van der Waals surface area contributed by atoms with E-state index in [-0.39, 0.29) is 0 Å². The molecule has 4 rings (SSSR count). The fraction of sp³-hybridized carbons (Fsp3) is 1.00. The van der Waals surface area contributed by atoms with Crippen molar-refractivity contribution >= 4 is 0 Å². The SMILES string of the molecule is CN1[C@H]2[C@@H]3[C@H]([C@H]4N[C@H]4[C@H]21)N3C. The first-order valence-corrected chi connectivity index (χ1v) is 4.50. The largest absolute Gasteiger partial charge is 0.305 e. The first-order chi connectivity index (χ1) is 5.30. The van der Waals surface area contributed by atoms with Gasteiger partial charge in [0.15, 0.2) is 0 Å². The molecular formula is C8H13N3. The smallest absolute Gasteiger partial charge is 0.0440 e. The van der Waals surface area contributed by atoms with Crippen LogP contribution < -0.4 is 5.32 Å². The van der Waals surface area contributed by atoms with Crippen LogP contribution in [0.5, 0.6) is 0 Å². The lowest BCUT2D eigenvalue weighted by molar-refractivity contribution is 0.515. The molecule has 3 nitrogen and oxygen atoms in total. The third-order valence-corrected chi connectivity index (χ3v) is 4.15. The second kappa shape index (κ2) is 1.26. The molecule has 3 heterocycles. The van der Waals surface area contributed by atoms with Gasteiger partial charge in [-0.15, -0.1) is 0 Å². The van der Waals surface area contributed by atoms with Crippen LogP contribution in [0.2, 0.25) is 0 Å². The second-order valence-corrected chi connectivity index (χ2v) is 4.51. The number of likely N-dealkylation sites (N-methyl/N-ethyl adjacent to an activating group) is 2. The Hall–Kier alpha value is -0.120. The van der Waals surface area contributed by atoms with Crippen LogP contribution in [0.1, 0.15) is 0 Å². The highest BCUT2D eigenvalue weighted by atomic mass is 15.5. The van der Waals surface area contributed by atoms with Gasteiger partial charge in [0.1, 0.15) is 0 Å². The Morgan fingerprint density at radius 1 is 0.818 bits per heavy atom. The molecule has 0 aromatic carbocycles. The molecule has 3 heteroatoms. The second-order valence-electron chi connectivity index (χ2n) is 4.51. The minimum atomic E-state index is 0.858. The number of hydrogen-bond acceptors (Lipinski definition) is 3. The zero-order valence-electron chi connectivity index (χ0n) is 6.86. The van der Waals surface area contributed by atoms with Gasteiger partial charge < -0.3 is 5.32 Å². The highest BCUT2D eigenvalue weighted by Crippen LogP contribution is 2.55. The van der Waals surface area contributed by atoms with E-state index in [9.17, 15) is 0 Å². The summed E-state index contributed by atoms with van der Waals surface area (Å²) in [7, 11) is 4.53. The minimum absolute atomic E-state index is 0.858. The van der Waals surface area contributed by atoms with Crippen molar-refractivity contribution in [2.45, 2.75) is 36.3 Å². The maximum atomic E-state index is 3.59. The predicted molar refractivity (Wildman–Crippen MR) is 41.4 cm³/mol. The van der Waals surface area contributed by atoms with Gasteiger partial charge in [0.25, 0.3) is 0 Å². The van der Waals surface area contributed by atoms with Crippen molar-refractivity contribution in [1.29, 1.82) is 0 Å². The normalized spacial score (nSPS) is 81.3. The van der Waals surface area contributed by atoms with E-state index in [4.69, 9.17) is 0 Å². The number of nitrogens with one attached hydrogen (secondary N) is 1. The van der Waals surface area contributed by atoms with Gasteiger partial charge in [-0.1, -0.05) is 0 Å².